The van der Waals surface area contributed by atoms with Crippen LogP contribution in [0.15, 0.2) is 24.3 Å². The standard InChI is InChI=1S/C14H21NO4/c1-3-19-10-13(16)8-15(9-14(17)18)12-6-4-11(2)5-7-12/h4-7,13,16H,3,8-10H2,1-2H3,(H,17,18). The lowest BCUT2D eigenvalue weighted by Gasteiger charge is -2.25. The van der Waals surface area contributed by atoms with E-state index < -0.39 is 12.1 Å². The predicted octanol–water partition coefficient (Wildman–Crippen LogP) is 1.28. The van der Waals surface area contributed by atoms with Crippen LogP contribution in [-0.2, 0) is 9.53 Å². The molecule has 106 valence electrons. The van der Waals surface area contributed by atoms with Crippen LogP contribution >= 0.6 is 0 Å². The van der Waals surface area contributed by atoms with Crippen molar-refractivity contribution in [3.63, 3.8) is 0 Å². The fraction of sp³-hybridized carbons (Fsp3) is 0.500. The molecule has 1 aromatic carbocycles. The van der Waals surface area contributed by atoms with Gasteiger partial charge in [-0.1, -0.05) is 17.7 Å². The van der Waals surface area contributed by atoms with Gasteiger partial charge in [-0.15, -0.1) is 0 Å². The Morgan fingerprint density at radius 1 is 1.37 bits per heavy atom. The van der Waals surface area contributed by atoms with E-state index in [0.29, 0.717) is 6.61 Å². The molecule has 0 aliphatic carbocycles. The summed E-state index contributed by atoms with van der Waals surface area (Å²) in [6.07, 6.45) is -0.708. The number of anilines is 1. The normalized spacial score (nSPS) is 12.2. The maximum absolute atomic E-state index is 10.9. The number of hydrogen-bond acceptors (Lipinski definition) is 4. The second-order valence-corrected chi connectivity index (χ2v) is 4.42. The Bertz CT molecular complexity index is 391. The Kier molecular flexibility index (Phi) is 6.32. The van der Waals surface area contributed by atoms with Gasteiger partial charge in [-0.3, -0.25) is 4.79 Å². The van der Waals surface area contributed by atoms with Gasteiger partial charge in [0.2, 0.25) is 0 Å². The molecule has 1 rings (SSSR count). The molecule has 0 radical (unpaired) electrons. The first kappa shape index (κ1) is 15.5. The molecule has 0 amide bonds. The summed E-state index contributed by atoms with van der Waals surface area (Å²) in [5.41, 5.74) is 1.89. The fourth-order valence-electron chi connectivity index (χ4n) is 1.74. The summed E-state index contributed by atoms with van der Waals surface area (Å²) in [7, 11) is 0. The van der Waals surface area contributed by atoms with E-state index in [1.54, 1.807) is 4.90 Å². The number of aliphatic hydroxyl groups excluding tert-OH is 1. The van der Waals surface area contributed by atoms with E-state index in [1.807, 2.05) is 38.1 Å². The molecular formula is C14H21NO4. The molecule has 2 N–H and O–H groups in total. The Morgan fingerprint density at radius 2 is 2.00 bits per heavy atom. The maximum Gasteiger partial charge on any atom is 0.323 e. The van der Waals surface area contributed by atoms with Crippen LogP contribution in [-0.4, -0.2) is 48.6 Å². The third-order valence-corrected chi connectivity index (χ3v) is 2.67. The quantitative estimate of drug-likeness (QED) is 0.742. The SMILES string of the molecule is CCOCC(O)CN(CC(=O)O)c1ccc(C)cc1. The van der Waals surface area contributed by atoms with Gasteiger partial charge in [0.05, 0.1) is 12.7 Å². The molecule has 5 heteroatoms. The van der Waals surface area contributed by atoms with Crippen molar-refractivity contribution in [1.82, 2.24) is 0 Å². The summed E-state index contributed by atoms with van der Waals surface area (Å²) in [5.74, 6) is -0.927. The second-order valence-electron chi connectivity index (χ2n) is 4.42. The molecule has 5 nitrogen and oxygen atoms in total. The lowest BCUT2D eigenvalue weighted by atomic mass is 10.2. The highest BCUT2D eigenvalue weighted by Gasteiger charge is 2.15. The van der Waals surface area contributed by atoms with Crippen molar-refractivity contribution in [2.75, 3.05) is 31.2 Å². The van der Waals surface area contributed by atoms with Crippen LogP contribution in [0.25, 0.3) is 0 Å². The molecule has 0 bridgehead atoms. The van der Waals surface area contributed by atoms with Crippen molar-refractivity contribution in [3.05, 3.63) is 29.8 Å². The minimum atomic E-state index is -0.927. The number of carbonyl (C=O) groups is 1. The average molecular weight is 267 g/mol. The number of aryl methyl sites for hydroxylation is 1. The summed E-state index contributed by atoms with van der Waals surface area (Å²) >= 11 is 0. The van der Waals surface area contributed by atoms with Gasteiger partial charge in [-0.25, -0.2) is 0 Å². The smallest absolute Gasteiger partial charge is 0.323 e. The van der Waals surface area contributed by atoms with E-state index >= 15 is 0 Å². The van der Waals surface area contributed by atoms with Gasteiger partial charge < -0.3 is 19.8 Å². The molecule has 0 fully saturated rings. The van der Waals surface area contributed by atoms with Crippen LogP contribution < -0.4 is 4.90 Å². The minimum absolute atomic E-state index is 0.147. The van der Waals surface area contributed by atoms with Gasteiger partial charge in [0, 0.05) is 18.8 Å². The van der Waals surface area contributed by atoms with Gasteiger partial charge in [-0.05, 0) is 26.0 Å². The number of carboxylic acids is 1. The molecule has 0 aromatic heterocycles. The predicted molar refractivity (Wildman–Crippen MR) is 73.5 cm³/mol. The summed E-state index contributed by atoms with van der Waals surface area (Å²) in [6.45, 7) is 4.64. The van der Waals surface area contributed by atoms with Gasteiger partial charge in [0.1, 0.15) is 6.54 Å². The van der Waals surface area contributed by atoms with E-state index in [4.69, 9.17) is 9.84 Å². The van der Waals surface area contributed by atoms with Gasteiger partial charge in [-0.2, -0.15) is 0 Å². The zero-order valence-corrected chi connectivity index (χ0v) is 11.4. The lowest BCUT2D eigenvalue weighted by Crippen LogP contribution is -2.38. The Hall–Kier alpha value is -1.59. The monoisotopic (exact) mass is 267 g/mol. The molecule has 0 saturated heterocycles. The zero-order chi connectivity index (χ0) is 14.3. The number of hydrogen-bond donors (Lipinski definition) is 2. The minimum Gasteiger partial charge on any atom is -0.480 e. The van der Waals surface area contributed by atoms with E-state index in [9.17, 15) is 9.90 Å². The maximum atomic E-state index is 10.9. The fourth-order valence-corrected chi connectivity index (χ4v) is 1.74. The molecule has 1 aromatic rings. The summed E-state index contributed by atoms with van der Waals surface area (Å²) in [5, 5.41) is 18.8. The number of ether oxygens (including phenoxy) is 1. The number of benzene rings is 1. The highest BCUT2D eigenvalue weighted by Crippen LogP contribution is 2.15. The second kappa shape index (κ2) is 7.76. The van der Waals surface area contributed by atoms with Crippen LogP contribution in [0.1, 0.15) is 12.5 Å². The number of nitrogens with zero attached hydrogens (tertiary/aromatic N) is 1. The third-order valence-electron chi connectivity index (χ3n) is 2.67. The van der Waals surface area contributed by atoms with E-state index in [0.717, 1.165) is 11.3 Å². The van der Waals surface area contributed by atoms with Crippen molar-refractivity contribution in [3.8, 4) is 0 Å². The number of carboxylic acid groups (broad SMARTS) is 1. The van der Waals surface area contributed by atoms with Crippen LogP contribution in [0.3, 0.4) is 0 Å². The molecular weight excluding hydrogens is 246 g/mol. The molecule has 1 atom stereocenters. The first-order chi connectivity index (χ1) is 9.02. The van der Waals surface area contributed by atoms with E-state index in [1.165, 1.54) is 0 Å². The van der Waals surface area contributed by atoms with Crippen molar-refractivity contribution in [2.45, 2.75) is 20.0 Å². The summed E-state index contributed by atoms with van der Waals surface area (Å²) < 4.78 is 5.13. The van der Waals surface area contributed by atoms with Crippen LogP contribution in [0, 0.1) is 6.92 Å². The first-order valence-electron chi connectivity index (χ1n) is 6.32. The highest BCUT2D eigenvalue weighted by atomic mass is 16.5. The van der Waals surface area contributed by atoms with Gasteiger partial charge in [0.25, 0.3) is 0 Å². The third kappa shape index (κ3) is 5.72. The Morgan fingerprint density at radius 3 is 2.53 bits per heavy atom. The zero-order valence-electron chi connectivity index (χ0n) is 11.4. The van der Waals surface area contributed by atoms with E-state index in [2.05, 4.69) is 0 Å². The molecule has 0 saturated carbocycles. The highest BCUT2D eigenvalue weighted by molar-refractivity contribution is 5.73. The van der Waals surface area contributed by atoms with Crippen molar-refractivity contribution >= 4 is 11.7 Å². The van der Waals surface area contributed by atoms with Crippen molar-refractivity contribution in [2.24, 2.45) is 0 Å². The van der Waals surface area contributed by atoms with Crippen LogP contribution in [0.2, 0.25) is 0 Å². The Labute approximate surface area is 113 Å². The van der Waals surface area contributed by atoms with Crippen molar-refractivity contribution < 1.29 is 19.7 Å². The first-order valence-corrected chi connectivity index (χ1v) is 6.32. The number of rotatable bonds is 8. The summed E-state index contributed by atoms with van der Waals surface area (Å²) in [6, 6.07) is 7.54. The van der Waals surface area contributed by atoms with E-state index in [-0.39, 0.29) is 19.7 Å². The lowest BCUT2D eigenvalue weighted by molar-refractivity contribution is -0.135. The molecule has 19 heavy (non-hydrogen) atoms. The van der Waals surface area contributed by atoms with Crippen LogP contribution in [0.4, 0.5) is 5.69 Å². The average Bonchev–Trinajstić information content (AvgIpc) is 2.36. The van der Waals surface area contributed by atoms with Gasteiger partial charge >= 0.3 is 5.97 Å². The molecule has 1 unspecified atom stereocenters. The largest absolute Gasteiger partial charge is 0.480 e. The topological polar surface area (TPSA) is 70.0 Å². The molecule has 0 spiro atoms. The number of aliphatic hydroxyl groups is 1. The molecule has 0 aliphatic rings. The number of aliphatic carboxylic acids is 1. The molecule has 0 heterocycles. The Balaban J connectivity index is 2.71. The van der Waals surface area contributed by atoms with Crippen LogP contribution in [0.5, 0.6) is 0 Å². The van der Waals surface area contributed by atoms with Gasteiger partial charge in [0.15, 0.2) is 0 Å². The van der Waals surface area contributed by atoms with Crippen molar-refractivity contribution in [1.29, 1.82) is 0 Å². The summed E-state index contributed by atoms with van der Waals surface area (Å²) in [4.78, 5) is 12.5. The molecule has 0 aliphatic heterocycles.